The molecule has 0 spiro atoms. The van der Waals surface area contributed by atoms with E-state index in [1.165, 1.54) is 64.6 Å². The fraction of sp³-hybridized carbons (Fsp3) is 1.00. The van der Waals surface area contributed by atoms with Gasteiger partial charge in [0.05, 0.1) is 0 Å². The molecule has 2 saturated carbocycles. The Morgan fingerprint density at radius 2 is 1.69 bits per heavy atom. The number of hydrogen-bond donors (Lipinski definition) is 1. The molecule has 1 N–H and O–H groups in total. The smallest absolute Gasteiger partial charge is 0.0235 e. The van der Waals surface area contributed by atoms with E-state index in [1.54, 1.807) is 0 Å². The zero-order valence-corrected chi connectivity index (χ0v) is 11.0. The summed E-state index contributed by atoms with van der Waals surface area (Å²) < 4.78 is 0. The minimum atomic E-state index is 0. The van der Waals surface area contributed by atoms with E-state index in [1.807, 2.05) is 0 Å². The van der Waals surface area contributed by atoms with Crippen molar-refractivity contribution < 1.29 is 0 Å². The van der Waals surface area contributed by atoms with E-state index in [0.717, 1.165) is 18.0 Å². The molecule has 2 nitrogen and oxygen atoms in total. The van der Waals surface area contributed by atoms with Gasteiger partial charge >= 0.3 is 0 Å². The maximum Gasteiger partial charge on any atom is 0.0235 e. The first kappa shape index (κ1) is 12.7. The van der Waals surface area contributed by atoms with Crippen LogP contribution in [0.2, 0.25) is 0 Å². The van der Waals surface area contributed by atoms with Gasteiger partial charge in [-0.05, 0) is 44.6 Å². The molecule has 3 rings (SSSR count). The minimum Gasteiger partial charge on any atom is -0.315 e. The van der Waals surface area contributed by atoms with Gasteiger partial charge in [0.1, 0.15) is 0 Å². The number of nitrogens with one attached hydrogen (secondary N) is 1. The molecule has 94 valence electrons. The lowest BCUT2D eigenvalue weighted by atomic mass is 10.1. The summed E-state index contributed by atoms with van der Waals surface area (Å²) in [6.07, 6.45) is 10.3. The van der Waals surface area contributed by atoms with Crippen molar-refractivity contribution >= 4 is 12.4 Å². The van der Waals surface area contributed by atoms with E-state index < -0.39 is 0 Å². The third kappa shape index (κ3) is 2.91. The second-order valence-corrected chi connectivity index (χ2v) is 5.73. The van der Waals surface area contributed by atoms with Gasteiger partial charge in [0.25, 0.3) is 0 Å². The van der Waals surface area contributed by atoms with Crippen LogP contribution >= 0.6 is 12.4 Å². The number of nitrogens with zero attached hydrogens (tertiary/aromatic N) is 1. The van der Waals surface area contributed by atoms with Crippen molar-refractivity contribution in [2.75, 3.05) is 19.6 Å². The highest BCUT2D eigenvalue weighted by molar-refractivity contribution is 5.85. The minimum absolute atomic E-state index is 0. The van der Waals surface area contributed by atoms with Crippen LogP contribution in [0.15, 0.2) is 0 Å². The Balaban J connectivity index is 0.000000963. The summed E-state index contributed by atoms with van der Waals surface area (Å²) in [6, 6.07) is 1.84. The van der Waals surface area contributed by atoms with E-state index in [2.05, 4.69) is 10.2 Å². The third-order valence-corrected chi connectivity index (χ3v) is 4.46. The summed E-state index contributed by atoms with van der Waals surface area (Å²) in [5.41, 5.74) is 0. The zero-order valence-electron chi connectivity index (χ0n) is 10.2. The molecule has 3 heteroatoms. The molecule has 1 aliphatic heterocycles. The predicted molar refractivity (Wildman–Crippen MR) is 70.2 cm³/mol. The highest BCUT2D eigenvalue weighted by Gasteiger charge is 2.36. The third-order valence-electron chi connectivity index (χ3n) is 4.46. The van der Waals surface area contributed by atoms with Gasteiger partial charge in [-0.3, -0.25) is 4.90 Å². The average molecular weight is 245 g/mol. The second kappa shape index (κ2) is 5.70. The second-order valence-electron chi connectivity index (χ2n) is 5.73. The van der Waals surface area contributed by atoms with Gasteiger partial charge in [-0.15, -0.1) is 12.4 Å². The summed E-state index contributed by atoms with van der Waals surface area (Å²) in [6.45, 7) is 3.92. The molecule has 1 atom stereocenters. The largest absolute Gasteiger partial charge is 0.315 e. The Morgan fingerprint density at radius 1 is 0.938 bits per heavy atom. The van der Waals surface area contributed by atoms with Gasteiger partial charge in [0, 0.05) is 25.2 Å². The maximum absolute atomic E-state index is 3.52. The van der Waals surface area contributed by atoms with E-state index in [0.29, 0.717) is 0 Å². The van der Waals surface area contributed by atoms with Crippen molar-refractivity contribution in [3.05, 3.63) is 0 Å². The molecular weight excluding hydrogens is 220 g/mol. The van der Waals surface area contributed by atoms with Crippen LogP contribution in [0.5, 0.6) is 0 Å². The first-order valence-electron chi connectivity index (χ1n) is 6.90. The molecule has 1 unspecified atom stereocenters. The standard InChI is InChI=1S/C13H24N2.ClH/c1-2-4-11(3-1)10-15(12-5-6-12)13-7-8-14-9-13;/h11-14H,1-10H2;1H. The van der Waals surface area contributed by atoms with Crippen LogP contribution in [0.4, 0.5) is 0 Å². The quantitative estimate of drug-likeness (QED) is 0.817. The Morgan fingerprint density at radius 3 is 2.25 bits per heavy atom. The average Bonchev–Trinajstić information content (AvgIpc) is 2.78. The Bertz CT molecular complexity index is 206. The fourth-order valence-corrected chi connectivity index (χ4v) is 3.42. The molecule has 1 heterocycles. The van der Waals surface area contributed by atoms with Crippen molar-refractivity contribution in [2.45, 2.75) is 57.0 Å². The predicted octanol–water partition coefficient (Wildman–Crippen LogP) is 2.42. The van der Waals surface area contributed by atoms with Gasteiger partial charge in [0.15, 0.2) is 0 Å². The normalized spacial score (nSPS) is 30.9. The summed E-state index contributed by atoms with van der Waals surface area (Å²) in [4.78, 5) is 2.86. The molecule has 0 bridgehead atoms. The SMILES string of the molecule is C1CCC(CN(C2CC2)C2CCNC2)C1.Cl. The molecule has 16 heavy (non-hydrogen) atoms. The highest BCUT2D eigenvalue weighted by atomic mass is 35.5. The summed E-state index contributed by atoms with van der Waals surface area (Å²) in [7, 11) is 0. The topological polar surface area (TPSA) is 15.3 Å². The molecule has 0 amide bonds. The first-order valence-corrected chi connectivity index (χ1v) is 6.90. The number of halogens is 1. The van der Waals surface area contributed by atoms with Crippen molar-refractivity contribution in [2.24, 2.45) is 5.92 Å². The molecule has 3 aliphatic rings. The maximum atomic E-state index is 3.52. The van der Waals surface area contributed by atoms with Crippen LogP contribution in [0, 0.1) is 5.92 Å². The van der Waals surface area contributed by atoms with Crippen LogP contribution in [-0.2, 0) is 0 Å². The molecule has 0 aromatic rings. The van der Waals surface area contributed by atoms with Gasteiger partial charge in [-0.1, -0.05) is 12.8 Å². The lowest BCUT2D eigenvalue weighted by Gasteiger charge is -2.30. The number of hydrogen-bond acceptors (Lipinski definition) is 2. The first-order chi connectivity index (χ1) is 7.43. The van der Waals surface area contributed by atoms with Crippen molar-refractivity contribution in [1.29, 1.82) is 0 Å². The molecule has 0 aromatic heterocycles. The molecule has 1 saturated heterocycles. The lowest BCUT2D eigenvalue weighted by molar-refractivity contribution is 0.167. The molecule has 0 radical (unpaired) electrons. The van der Waals surface area contributed by atoms with E-state index in [9.17, 15) is 0 Å². The molecule has 0 aromatic carbocycles. The summed E-state index contributed by atoms with van der Waals surface area (Å²) in [5.74, 6) is 1.03. The summed E-state index contributed by atoms with van der Waals surface area (Å²) in [5, 5.41) is 3.52. The monoisotopic (exact) mass is 244 g/mol. The van der Waals surface area contributed by atoms with Crippen LogP contribution < -0.4 is 5.32 Å². The van der Waals surface area contributed by atoms with Gasteiger partial charge in [-0.2, -0.15) is 0 Å². The summed E-state index contributed by atoms with van der Waals surface area (Å²) >= 11 is 0. The van der Waals surface area contributed by atoms with E-state index >= 15 is 0 Å². The Hall–Kier alpha value is 0.210. The van der Waals surface area contributed by atoms with E-state index in [-0.39, 0.29) is 12.4 Å². The number of rotatable bonds is 4. The van der Waals surface area contributed by atoms with Crippen LogP contribution in [0.3, 0.4) is 0 Å². The van der Waals surface area contributed by atoms with Crippen LogP contribution in [0.25, 0.3) is 0 Å². The van der Waals surface area contributed by atoms with Crippen molar-refractivity contribution in [1.82, 2.24) is 10.2 Å². The lowest BCUT2D eigenvalue weighted by Crippen LogP contribution is -2.41. The molecular formula is C13H25ClN2. The molecule has 2 aliphatic carbocycles. The van der Waals surface area contributed by atoms with Gasteiger partial charge < -0.3 is 5.32 Å². The molecule has 3 fully saturated rings. The van der Waals surface area contributed by atoms with Crippen molar-refractivity contribution in [3.63, 3.8) is 0 Å². The van der Waals surface area contributed by atoms with Crippen LogP contribution in [0.1, 0.15) is 44.9 Å². The van der Waals surface area contributed by atoms with E-state index in [4.69, 9.17) is 0 Å². The van der Waals surface area contributed by atoms with Gasteiger partial charge in [0.2, 0.25) is 0 Å². The van der Waals surface area contributed by atoms with Crippen LogP contribution in [-0.4, -0.2) is 36.6 Å². The Labute approximate surface area is 106 Å². The highest BCUT2D eigenvalue weighted by Crippen LogP contribution is 2.34. The Kier molecular flexibility index (Phi) is 4.51. The van der Waals surface area contributed by atoms with Crippen molar-refractivity contribution in [3.8, 4) is 0 Å². The zero-order chi connectivity index (χ0) is 10.1. The fourth-order valence-electron chi connectivity index (χ4n) is 3.42. The van der Waals surface area contributed by atoms with Gasteiger partial charge in [-0.25, -0.2) is 0 Å².